The fourth-order valence-electron chi connectivity index (χ4n) is 1.60. The van der Waals surface area contributed by atoms with Gasteiger partial charge in [-0.3, -0.25) is 0 Å². The Morgan fingerprint density at radius 2 is 1.04 bits per heavy atom. The minimum absolute atomic E-state index is 1.63. The van der Waals surface area contributed by atoms with Crippen LogP contribution < -0.4 is 0 Å². The third-order valence-electron chi connectivity index (χ3n) is 2.51. The van der Waals surface area contributed by atoms with Gasteiger partial charge in [0.25, 0.3) is 0 Å². The maximum absolute atomic E-state index is 12.4. The predicted octanol–water partition coefficient (Wildman–Crippen LogP) is 4.60. The molecule has 4 nitrogen and oxygen atoms in total. The Balaban J connectivity index is 3.53. The van der Waals surface area contributed by atoms with Crippen molar-refractivity contribution in [2.45, 2.75) is 37.7 Å². The maximum Gasteiger partial charge on any atom is 0.508 e. The summed E-state index contributed by atoms with van der Waals surface area (Å²) in [6.07, 6.45) is -37.9. The Morgan fingerprint density at radius 3 is 1.30 bits per heavy atom. The molecular formula is C8H2F15N3O. The standard InChI is InChI=1S/C8H2F15N3O/c9-4(10,11)24(5(12,13)14)1-2-3(27-26(2)8(21,22)23)25(6(15,16)17)7(18,19)20/h1,3H/b2-1-. The molecule has 1 saturated heterocycles. The Kier molecular flexibility index (Phi) is 5.49. The van der Waals surface area contributed by atoms with Crippen molar-refractivity contribution in [2.24, 2.45) is 0 Å². The van der Waals surface area contributed by atoms with E-state index in [-0.39, 0.29) is 0 Å². The summed E-state index contributed by atoms with van der Waals surface area (Å²) in [6.45, 7) is 0. The Hall–Kier alpha value is -1.79. The number of halogens is 15. The zero-order chi connectivity index (χ0) is 21.8. The maximum atomic E-state index is 12.4. The van der Waals surface area contributed by atoms with Gasteiger partial charge in [-0.25, -0.2) is 4.84 Å². The average molecular weight is 441 g/mol. The van der Waals surface area contributed by atoms with Crippen LogP contribution in [0.1, 0.15) is 0 Å². The molecule has 27 heavy (non-hydrogen) atoms. The summed E-state index contributed by atoms with van der Waals surface area (Å²) < 4.78 is 186. The number of hydrogen-bond donors (Lipinski definition) is 0. The smallest absolute Gasteiger partial charge is 0.239 e. The molecule has 0 N–H and O–H groups in total. The van der Waals surface area contributed by atoms with Crippen molar-refractivity contribution in [3.05, 3.63) is 11.9 Å². The van der Waals surface area contributed by atoms with Crippen LogP contribution in [0.2, 0.25) is 0 Å². The lowest BCUT2D eigenvalue weighted by molar-refractivity contribution is -0.491. The van der Waals surface area contributed by atoms with E-state index in [1.807, 2.05) is 0 Å². The third-order valence-corrected chi connectivity index (χ3v) is 2.51. The van der Waals surface area contributed by atoms with Gasteiger partial charge in [0.05, 0.1) is 0 Å². The number of hydroxylamine groups is 2. The molecule has 0 aromatic carbocycles. The van der Waals surface area contributed by atoms with E-state index >= 15 is 0 Å². The van der Waals surface area contributed by atoms with Crippen molar-refractivity contribution in [3.8, 4) is 0 Å². The lowest BCUT2D eigenvalue weighted by Gasteiger charge is -2.47. The van der Waals surface area contributed by atoms with E-state index in [1.54, 1.807) is 0 Å². The molecule has 1 aliphatic rings. The topological polar surface area (TPSA) is 19.0 Å². The summed E-state index contributed by atoms with van der Waals surface area (Å²) in [4.78, 5) is -2.40. The van der Waals surface area contributed by atoms with Crippen molar-refractivity contribution in [1.29, 1.82) is 0 Å². The molecule has 19 heteroatoms. The molecule has 1 heterocycles. The molecule has 0 spiro atoms. The molecule has 0 amide bonds. The molecule has 1 rings (SSSR count). The first-order valence-electron chi connectivity index (χ1n) is 5.69. The zero-order valence-electron chi connectivity index (χ0n) is 11.6. The van der Waals surface area contributed by atoms with E-state index in [0.29, 0.717) is 0 Å². The fourth-order valence-corrected chi connectivity index (χ4v) is 1.60. The second-order valence-corrected chi connectivity index (χ2v) is 4.39. The van der Waals surface area contributed by atoms with Gasteiger partial charge < -0.3 is 0 Å². The van der Waals surface area contributed by atoms with Crippen molar-refractivity contribution in [3.63, 3.8) is 0 Å². The summed E-state index contributed by atoms with van der Waals surface area (Å²) in [5, 5.41) is -1.91. The van der Waals surface area contributed by atoms with E-state index in [9.17, 15) is 65.9 Å². The van der Waals surface area contributed by atoms with Crippen LogP contribution in [0.15, 0.2) is 11.9 Å². The van der Waals surface area contributed by atoms with Crippen molar-refractivity contribution in [2.75, 3.05) is 0 Å². The van der Waals surface area contributed by atoms with Crippen molar-refractivity contribution < 1.29 is 70.7 Å². The van der Waals surface area contributed by atoms with Crippen LogP contribution in [0, 0.1) is 0 Å². The second kappa shape index (κ2) is 6.38. The van der Waals surface area contributed by atoms with Crippen LogP contribution in [0.3, 0.4) is 0 Å². The van der Waals surface area contributed by atoms with Crippen LogP contribution in [0.5, 0.6) is 0 Å². The van der Waals surface area contributed by atoms with Crippen LogP contribution in [-0.4, -0.2) is 52.6 Å². The van der Waals surface area contributed by atoms with Gasteiger partial charge in [0.2, 0.25) is 0 Å². The molecule has 0 radical (unpaired) electrons. The Bertz CT molecular complexity index is 538. The Labute approximate surface area is 136 Å². The normalized spacial score (nSPS) is 21.7. The van der Waals surface area contributed by atoms with Gasteiger partial charge in [-0.05, 0) is 0 Å². The highest BCUT2D eigenvalue weighted by atomic mass is 19.4. The molecule has 1 unspecified atom stereocenters. The molecule has 0 saturated carbocycles. The molecule has 1 aliphatic heterocycles. The number of alkyl halides is 15. The fraction of sp³-hybridized carbons (Fsp3) is 0.750. The van der Waals surface area contributed by atoms with Crippen LogP contribution in [0.25, 0.3) is 0 Å². The number of rotatable bonds is 2. The molecule has 0 aromatic heterocycles. The van der Waals surface area contributed by atoms with Gasteiger partial charge in [-0.1, -0.05) is 4.90 Å². The van der Waals surface area contributed by atoms with Gasteiger partial charge in [-0.15, -0.1) is 39.5 Å². The Morgan fingerprint density at radius 1 is 0.667 bits per heavy atom. The van der Waals surface area contributed by atoms with Gasteiger partial charge in [-0.2, -0.15) is 36.3 Å². The molecule has 1 atom stereocenters. The first kappa shape index (κ1) is 23.2. The molecule has 0 bridgehead atoms. The van der Waals surface area contributed by atoms with Crippen LogP contribution >= 0.6 is 0 Å². The van der Waals surface area contributed by atoms with Gasteiger partial charge in [0.15, 0.2) is 6.23 Å². The third kappa shape index (κ3) is 5.14. The average Bonchev–Trinajstić information content (AvgIpc) is 2.25. The van der Waals surface area contributed by atoms with Gasteiger partial charge >= 0.3 is 31.5 Å². The van der Waals surface area contributed by atoms with E-state index < -0.39 is 64.5 Å². The largest absolute Gasteiger partial charge is 0.508 e. The summed E-state index contributed by atoms with van der Waals surface area (Å²) in [5.41, 5.74) is -2.77. The van der Waals surface area contributed by atoms with E-state index in [1.165, 1.54) is 0 Å². The first-order valence-corrected chi connectivity index (χ1v) is 5.69. The highest BCUT2D eigenvalue weighted by Gasteiger charge is 2.66. The lowest BCUT2D eigenvalue weighted by Crippen LogP contribution is -2.66. The highest BCUT2D eigenvalue weighted by molar-refractivity contribution is 5.13. The minimum atomic E-state index is -6.57. The van der Waals surface area contributed by atoms with Crippen LogP contribution in [-0.2, 0) is 4.84 Å². The first-order chi connectivity index (χ1) is 11.6. The van der Waals surface area contributed by atoms with E-state index in [4.69, 9.17) is 0 Å². The molecule has 0 aliphatic carbocycles. The van der Waals surface area contributed by atoms with E-state index in [2.05, 4.69) is 4.84 Å². The molecule has 0 aromatic rings. The van der Waals surface area contributed by atoms with Crippen LogP contribution in [0.4, 0.5) is 65.9 Å². The number of hydrogen-bond acceptors (Lipinski definition) is 4. The molecule has 1 fully saturated rings. The summed E-state index contributed by atoms with van der Waals surface area (Å²) in [5.74, 6) is 0. The van der Waals surface area contributed by atoms with Crippen molar-refractivity contribution >= 4 is 0 Å². The minimum Gasteiger partial charge on any atom is -0.239 e. The summed E-state index contributed by atoms with van der Waals surface area (Å²) in [7, 11) is 0. The summed E-state index contributed by atoms with van der Waals surface area (Å²) in [6, 6.07) is 0. The lowest BCUT2D eigenvalue weighted by atomic mass is 10.3. The van der Waals surface area contributed by atoms with Gasteiger partial charge in [0.1, 0.15) is 5.70 Å². The predicted molar refractivity (Wildman–Crippen MR) is 48.7 cm³/mol. The molecular weight excluding hydrogens is 439 g/mol. The monoisotopic (exact) mass is 441 g/mol. The number of nitrogens with zero attached hydrogens (tertiary/aromatic N) is 3. The molecule has 160 valence electrons. The van der Waals surface area contributed by atoms with Gasteiger partial charge in [0, 0.05) is 6.20 Å². The van der Waals surface area contributed by atoms with Crippen molar-refractivity contribution in [1.82, 2.24) is 14.9 Å². The SMILES string of the molecule is FC(F)(F)N1OC(N(C(F)(F)F)C(F)(F)F)/C1=C/N(C(F)(F)F)C(F)(F)F. The quantitative estimate of drug-likeness (QED) is 0.461. The highest BCUT2D eigenvalue weighted by Crippen LogP contribution is 2.47. The summed E-state index contributed by atoms with van der Waals surface area (Å²) >= 11 is 0. The second-order valence-electron chi connectivity index (χ2n) is 4.39. The van der Waals surface area contributed by atoms with E-state index in [0.717, 1.165) is 0 Å². The zero-order valence-corrected chi connectivity index (χ0v) is 11.6.